The van der Waals surface area contributed by atoms with Crippen LogP contribution in [0.5, 0.6) is 5.75 Å². The largest absolute Gasteiger partial charge is 0.489 e. The van der Waals surface area contributed by atoms with Crippen LogP contribution >= 0.6 is 0 Å². The molecule has 4 aromatic rings. The lowest BCUT2D eigenvalue weighted by Crippen LogP contribution is -2.14. The van der Waals surface area contributed by atoms with Crippen LogP contribution in [0.1, 0.15) is 31.8 Å². The molecule has 154 valence electrons. The van der Waals surface area contributed by atoms with Crippen molar-refractivity contribution >= 4 is 22.5 Å². The van der Waals surface area contributed by atoms with Crippen LogP contribution in [0.4, 0.5) is 0 Å². The normalized spacial score (nSPS) is 10.6. The summed E-state index contributed by atoms with van der Waals surface area (Å²) in [5.74, 6) is 0.0401. The number of carbonyl (C=O) groups is 2. The minimum Gasteiger partial charge on any atom is -0.489 e. The zero-order chi connectivity index (χ0) is 21.6. The molecule has 0 atom stereocenters. The summed E-state index contributed by atoms with van der Waals surface area (Å²) >= 11 is 0. The van der Waals surface area contributed by atoms with Gasteiger partial charge in [-0.25, -0.2) is 4.79 Å². The van der Waals surface area contributed by atoms with Gasteiger partial charge in [0.2, 0.25) is 0 Å². The number of carbonyl (C=O) groups excluding carboxylic acids is 2. The topological polar surface area (TPSA) is 52.6 Å². The SMILES string of the molecule is Cc1cccc(OCc2ccc(C(=O)OCC(=O)c3ccc4ccccc4c3)cc2)c1. The molecular formula is C27H22O4. The summed E-state index contributed by atoms with van der Waals surface area (Å²) in [7, 11) is 0. The maximum absolute atomic E-state index is 12.4. The molecule has 0 aromatic heterocycles. The highest BCUT2D eigenvalue weighted by atomic mass is 16.5. The number of fused-ring (bicyclic) bond motifs is 1. The zero-order valence-electron chi connectivity index (χ0n) is 17.2. The van der Waals surface area contributed by atoms with E-state index in [-0.39, 0.29) is 12.4 Å². The Morgan fingerprint density at radius 3 is 2.26 bits per heavy atom. The summed E-state index contributed by atoms with van der Waals surface area (Å²) in [5.41, 5.74) is 2.99. The van der Waals surface area contributed by atoms with Crippen molar-refractivity contribution in [3.8, 4) is 5.75 Å². The highest BCUT2D eigenvalue weighted by Crippen LogP contribution is 2.17. The van der Waals surface area contributed by atoms with Crippen molar-refractivity contribution in [1.29, 1.82) is 0 Å². The molecule has 0 saturated carbocycles. The van der Waals surface area contributed by atoms with E-state index in [1.54, 1.807) is 18.2 Å². The van der Waals surface area contributed by atoms with Gasteiger partial charge in [-0.15, -0.1) is 0 Å². The summed E-state index contributed by atoms with van der Waals surface area (Å²) in [4.78, 5) is 24.7. The van der Waals surface area contributed by atoms with Crippen LogP contribution in [0.15, 0.2) is 91.0 Å². The third-order valence-corrected chi connectivity index (χ3v) is 4.99. The van der Waals surface area contributed by atoms with Gasteiger partial charge in [-0.1, -0.05) is 60.7 Å². The van der Waals surface area contributed by atoms with Gasteiger partial charge in [0.1, 0.15) is 12.4 Å². The molecule has 0 fully saturated rings. The molecule has 0 spiro atoms. The lowest BCUT2D eigenvalue weighted by Gasteiger charge is -2.08. The van der Waals surface area contributed by atoms with E-state index in [1.165, 1.54) is 0 Å². The van der Waals surface area contributed by atoms with Crippen molar-refractivity contribution in [3.05, 3.63) is 113 Å². The number of ketones is 1. The molecule has 0 saturated heterocycles. The summed E-state index contributed by atoms with van der Waals surface area (Å²) in [5, 5.41) is 2.03. The molecule has 31 heavy (non-hydrogen) atoms. The summed E-state index contributed by atoms with van der Waals surface area (Å²) < 4.78 is 11.0. The van der Waals surface area contributed by atoms with Crippen LogP contribution in [0.2, 0.25) is 0 Å². The van der Waals surface area contributed by atoms with E-state index in [0.717, 1.165) is 27.6 Å². The Morgan fingerprint density at radius 1 is 0.742 bits per heavy atom. The molecule has 0 radical (unpaired) electrons. The number of aryl methyl sites for hydroxylation is 1. The minimum atomic E-state index is -0.528. The maximum atomic E-state index is 12.4. The van der Waals surface area contributed by atoms with Crippen LogP contribution in [0, 0.1) is 6.92 Å². The molecule has 0 unspecified atom stereocenters. The Kier molecular flexibility index (Phi) is 6.08. The second kappa shape index (κ2) is 9.26. The number of ether oxygens (including phenoxy) is 2. The Hall–Kier alpha value is -3.92. The predicted molar refractivity (Wildman–Crippen MR) is 121 cm³/mol. The molecule has 0 heterocycles. The first-order valence-electron chi connectivity index (χ1n) is 10.1. The monoisotopic (exact) mass is 410 g/mol. The second-order valence-electron chi connectivity index (χ2n) is 7.36. The first kappa shape index (κ1) is 20.4. The van der Waals surface area contributed by atoms with Gasteiger partial charge >= 0.3 is 5.97 Å². The van der Waals surface area contributed by atoms with Gasteiger partial charge in [-0.2, -0.15) is 0 Å². The lowest BCUT2D eigenvalue weighted by molar-refractivity contribution is 0.0475. The Morgan fingerprint density at radius 2 is 1.48 bits per heavy atom. The fourth-order valence-corrected chi connectivity index (χ4v) is 3.27. The van der Waals surface area contributed by atoms with Crippen LogP contribution in [-0.2, 0) is 11.3 Å². The summed E-state index contributed by atoms with van der Waals surface area (Å²) in [6, 6.07) is 28.1. The van der Waals surface area contributed by atoms with Crippen LogP contribution in [0.3, 0.4) is 0 Å². The molecule has 4 rings (SSSR count). The van der Waals surface area contributed by atoms with Gasteiger partial charge in [0.05, 0.1) is 5.56 Å². The van der Waals surface area contributed by atoms with Crippen molar-refractivity contribution in [2.24, 2.45) is 0 Å². The van der Waals surface area contributed by atoms with E-state index in [9.17, 15) is 9.59 Å². The van der Waals surface area contributed by atoms with Crippen LogP contribution < -0.4 is 4.74 Å². The summed E-state index contributed by atoms with van der Waals surface area (Å²) in [6.45, 7) is 2.12. The van der Waals surface area contributed by atoms with Crippen LogP contribution in [0.25, 0.3) is 10.8 Å². The number of hydrogen-bond acceptors (Lipinski definition) is 4. The molecule has 4 aromatic carbocycles. The maximum Gasteiger partial charge on any atom is 0.338 e. The molecule has 0 aliphatic heterocycles. The molecule has 0 amide bonds. The van der Waals surface area contributed by atoms with E-state index in [0.29, 0.717) is 17.7 Å². The van der Waals surface area contributed by atoms with Gasteiger partial charge in [0, 0.05) is 5.56 Å². The Bertz CT molecular complexity index is 1230. The third kappa shape index (κ3) is 5.17. The van der Waals surface area contributed by atoms with Crippen molar-refractivity contribution in [3.63, 3.8) is 0 Å². The standard InChI is InChI=1S/C27H22O4/c1-19-5-4-8-25(15-19)30-17-20-9-11-22(12-10-20)27(29)31-18-26(28)24-14-13-21-6-2-3-7-23(21)16-24/h2-16H,17-18H2,1H3. The van der Waals surface area contributed by atoms with Crippen LogP contribution in [-0.4, -0.2) is 18.4 Å². The van der Waals surface area contributed by atoms with E-state index >= 15 is 0 Å². The van der Waals surface area contributed by atoms with Gasteiger partial charge in [-0.05, 0) is 59.2 Å². The van der Waals surface area contributed by atoms with Crippen molar-refractivity contribution < 1.29 is 19.1 Å². The van der Waals surface area contributed by atoms with Crippen molar-refractivity contribution in [1.82, 2.24) is 0 Å². The van der Waals surface area contributed by atoms with E-state index in [4.69, 9.17) is 9.47 Å². The van der Waals surface area contributed by atoms with Crippen molar-refractivity contribution in [2.75, 3.05) is 6.61 Å². The average Bonchev–Trinajstić information content (AvgIpc) is 2.81. The van der Waals surface area contributed by atoms with Crippen molar-refractivity contribution in [2.45, 2.75) is 13.5 Å². The Balaban J connectivity index is 1.32. The van der Waals surface area contributed by atoms with Gasteiger partial charge in [0.15, 0.2) is 12.4 Å². The molecule has 0 aliphatic rings. The number of hydrogen-bond donors (Lipinski definition) is 0. The third-order valence-electron chi connectivity index (χ3n) is 4.99. The fraction of sp³-hybridized carbons (Fsp3) is 0.111. The number of Topliss-reactive ketones (excluding diaryl/α,β-unsaturated/α-hetero) is 1. The Labute approximate surface area is 181 Å². The van der Waals surface area contributed by atoms with Gasteiger partial charge < -0.3 is 9.47 Å². The number of benzene rings is 4. The zero-order valence-corrected chi connectivity index (χ0v) is 17.2. The predicted octanol–water partition coefficient (Wildman–Crippen LogP) is 5.77. The molecule has 4 heteroatoms. The van der Waals surface area contributed by atoms with Gasteiger partial charge in [-0.3, -0.25) is 4.79 Å². The second-order valence-corrected chi connectivity index (χ2v) is 7.36. The average molecular weight is 410 g/mol. The molecule has 4 nitrogen and oxygen atoms in total. The highest BCUT2D eigenvalue weighted by Gasteiger charge is 2.12. The molecule has 0 aliphatic carbocycles. The quantitative estimate of drug-likeness (QED) is 0.287. The van der Waals surface area contributed by atoms with E-state index < -0.39 is 5.97 Å². The minimum absolute atomic E-state index is 0.234. The number of esters is 1. The summed E-state index contributed by atoms with van der Waals surface area (Å²) in [6.07, 6.45) is 0. The first-order chi connectivity index (χ1) is 15.1. The highest BCUT2D eigenvalue weighted by molar-refractivity contribution is 6.02. The lowest BCUT2D eigenvalue weighted by atomic mass is 10.0. The molecule has 0 bridgehead atoms. The number of rotatable bonds is 7. The van der Waals surface area contributed by atoms with E-state index in [2.05, 4.69) is 0 Å². The van der Waals surface area contributed by atoms with Gasteiger partial charge in [0.25, 0.3) is 0 Å². The first-order valence-corrected chi connectivity index (χ1v) is 10.1. The molecule has 0 N–H and O–H groups in total. The van der Waals surface area contributed by atoms with E-state index in [1.807, 2.05) is 79.7 Å². The fourth-order valence-electron chi connectivity index (χ4n) is 3.27. The molecular weight excluding hydrogens is 388 g/mol. The smallest absolute Gasteiger partial charge is 0.338 e.